The lowest BCUT2D eigenvalue weighted by atomic mass is 10.1. The van der Waals surface area contributed by atoms with Crippen molar-refractivity contribution in [2.75, 3.05) is 19.7 Å². The van der Waals surface area contributed by atoms with Crippen molar-refractivity contribution in [3.8, 4) is 0 Å². The Labute approximate surface area is 128 Å². The molecular weight excluding hydrogens is 282 g/mol. The molecule has 0 spiro atoms. The summed E-state index contributed by atoms with van der Waals surface area (Å²) < 4.78 is 5.26. The van der Waals surface area contributed by atoms with Gasteiger partial charge in [-0.1, -0.05) is 11.2 Å². The van der Waals surface area contributed by atoms with Gasteiger partial charge in [0.25, 0.3) is 11.6 Å². The molecule has 6 nitrogen and oxygen atoms in total. The monoisotopic (exact) mass is 301 g/mol. The van der Waals surface area contributed by atoms with Crippen LogP contribution in [0, 0.1) is 6.92 Å². The minimum absolute atomic E-state index is 0.0914. The first-order chi connectivity index (χ1) is 10.7. The van der Waals surface area contributed by atoms with E-state index in [0.717, 1.165) is 18.5 Å². The van der Waals surface area contributed by atoms with E-state index >= 15 is 0 Å². The van der Waals surface area contributed by atoms with Crippen molar-refractivity contribution in [3.63, 3.8) is 0 Å². The summed E-state index contributed by atoms with van der Waals surface area (Å²) >= 11 is 0. The molecule has 0 bridgehead atoms. The van der Waals surface area contributed by atoms with E-state index in [1.165, 1.54) is 0 Å². The lowest BCUT2D eigenvalue weighted by Gasteiger charge is -2.20. The number of hydrogen-bond donors (Lipinski definition) is 1. The summed E-state index contributed by atoms with van der Waals surface area (Å²) in [5.41, 5.74) is 2.49. The number of amides is 1. The van der Waals surface area contributed by atoms with Crippen LogP contribution in [0.5, 0.6) is 0 Å². The van der Waals surface area contributed by atoms with E-state index in [-0.39, 0.29) is 19.1 Å². The highest BCUT2D eigenvalue weighted by molar-refractivity contribution is 6.06. The topological polar surface area (TPSA) is 79.5 Å². The molecule has 0 atom stereocenters. The SMILES string of the molecule is C=CCN(CCO)C(=O)c1cc(C2CC2)nc2onc(C)c12. The Morgan fingerprint density at radius 3 is 3.00 bits per heavy atom. The Balaban J connectivity index is 2.08. The highest BCUT2D eigenvalue weighted by atomic mass is 16.5. The molecule has 1 amide bonds. The summed E-state index contributed by atoms with van der Waals surface area (Å²) in [7, 11) is 0. The van der Waals surface area contributed by atoms with Gasteiger partial charge in [-0.05, 0) is 25.8 Å². The number of rotatable bonds is 6. The normalized spacial score (nSPS) is 14.3. The minimum atomic E-state index is -0.158. The molecule has 116 valence electrons. The summed E-state index contributed by atoms with van der Waals surface area (Å²) in [6.45, 7) is 6.01. The van der Waals surface area contributed by atoms with Crippen molar-refractivity contribution in [3.05, 3.63) is 35.7 Å². The molecule has 6 heteroatoms. The molecule has 0 unspecified atom stereocenters. The van der Waals surface area contributed by atoms with Crippen molar-refractivity contribution < 1.29 is 14.4 Å². The molecule has 22 heavy (non-hydrogen) atoms. The number of aliphatic hydroxyl groups excluding tert-OH is 1. The van der Waals surface area contributed by atoms with Crippen molar-refractivity contribution >= 4 is 17.0 Å². The van der Waals surface area contributed by atoms with Crippen molar-refractivity contribution in [1.82, 2.24) is 15.0 Å². The molecule has 1 aliphatic carbocycles. The highest BCUT2D eigenvalue weighted by Gasteiger charge is 2.29. The summed E-state index contributed by atoms with van der Waals surface area (Å²) in [6, 6.07) is 1.85. The molecule has 2 aromatic rings. The van der Waals surface area contributed by atoms with Gasteiger partial charge < -0.3 is 14.5 Å². The molecule has 0 saturated heterocycles. The fraction of sp³-hybridized carbons (Fsp3) is 0.438. The Bertz CT molecular complexity index is 719. The fourth-order valence-corrected chi connectivity index (χ4v) is 2.59. The maximum atomic E-state index is 12.9. The number of fused-ring (bicyclic) bond motifs is 1. The van der Waals surface area contributed by atoms with E-state index in [2.05, 4.69) is 16.7 Å². The Morgan fingerprint density at radius 2 is 2.36 bits per heavy atom. The van der Waals surface area contributed by atoms with Gasteiger partial charge in [-0.2, -0.15) is 0 Å². The van der Waals surface area contributed by atoms with E-state index in [1.54, 1.807) is 17.9 Å². The van der Waals surface area contributed by atoms with Crippen molar-refractivity contribution in [1.29, 1.82) is 0 Å². The zero-order valence-electron chi connectivity index (χ0n) is 12.6. The third-order valence-corrected chi connectivity index (χ3v) is 3.87. The summed E-state index contributed by atoms with van der Waals surface area (Å²) in [4.78, 5) is 18.9. The highest BCUT2D eigenvalue weighted by Crippen LogP contribution is 2.40. The first kappa shape index (κ1) is 14.7. The summed E-state index contributed by atoms with van der Waals surface area (Å²) in [5.74, 6) is 0.251. The number of carbonyl (C=O) groups excluding carboxylic acids is 1. The van der Waals surface area contributed by atoms with Gasteiger partial charge in [0.05, 0.1) is 23.3 Å². The zero-order chi connectivity index (χ0) is 15.7. The average molecular weight is 301 g/mol. The second-order valence-electron chi connectivity index (χ2n) is 5.58. The molecule has 0 radical (unpaired) electrons. The molecular formula is C16H19N3O3. The number of aliphatic hydroxyl groups is 1. The molecule has 0 aliphatic heterocycles. The first-order valence-electron chi connectivity index (χ1n) is 7.43. The smallest absolute Gasteiger partial charge is 0.259 e. The van der Waals surface area contributed by atoms with Gasteiger partial charge in [0.15, 0.2) is 0 Å². The number of carbonyl (C=O) groups is 1. The zero-order valence-corrected chi connectivity index (χ0v) is 12.6. The largest absolute Gasteiger partial charge is 0.395 e. The van der Waals surface area contributed by atoms with Crippen LogP contribution in [0.3, 0.4) is 0 Å². The van der Waals surface area contributed by atoms with Gasteiger partial charge in [-0.3, -0.25) is 4.79 Å². The van der Waals surface area contributed by atoms with Crippen LogP contribution in [0.4, 0.5) is 0 Å². The number of aryl methyl sites for hydroxylation is 1. The van der Waals surface area contributed by atoms with Crippen LogP contribution in [0.15, 0.2) is 23.2 Å². The number of pyridine rings is 1. The van der Waals surface area contributed by atoms with Crippen molar-refractivity contribution in [2.24, 2.45) is 0 Å². The van der Waals surface area contributed by atoms with Crippen LogP contribution in [0.25, 0.3) is 11.1 Å². The quantitative estimate of drug-likeness (QED) is 0.826. The van der Waals surface area contributed by atoms with E-state index in [0.29, 0.717) is 34.8 Å². The number of aromatic nitrogens is 2. The molecule has 1 saturated carbocycles. The third-order valence-electron chi connectivity index (χ3n) is 3.87. The van der Waals surface area contributed by atoms with E-state index in [1.807, 2.05) is 6.07 Å². The maximum absolute atomic E-state index is 12.9. The number of nitrogens with zero attached hydrogens (tertiary/aromatic N) is 3. The van der Waals surface area contributed by atoms with Crippen LogP contribution in [0.2, 0.25) is 0 Å². The van der Waals surface area contributed by atoms with Crippen molar-refractivity contribution in [2.45, 2.75) is 25.7 Å². The second-order valence-corrected chi connectivity index (χ2v) is 5.58. The van der Waals surface area contributed by atoms with Gasteiger partial charge in [-0.15, -0.1) is 6.58 Å². The van der Waals surface area contributed by atoms with E-state index in [9.17, 15) is 4.79 Å². The molecule has 1 N–H and O–H groups in total. The maximum Gasteiger partial charge on any atom is 0.259 e. The Hall–Kier alpha value is -2.21. The predicted octanol–water partition coefficient (Wildman–Crippen LogP) is 2.03. The molecule has 3 rings (SSSR count). The van der Waals surface area contributed by atoms with Crippen LogP contribution < -0.4 is 0 Å². The molecule has 2 heterocycles. The van der Waals surface area contributed by atoms with Gasteiger partial charge in [0.1, 0.15) is 0 Å². The minimum Gasteiger partial charge on any atom is -0.395 e. The van der Waals surface area contributed by atoms with Gasteiger partial charge in [0.2, 0.25) is 0 Å². The van der Waals surface area contributed by atoms with E-state index < -0.39 is 0 Å². The van der Waals surface area contributed by atoms with Crippen LogP contribution in [-0.4, -0.2) is 45.8 Å². The molecule has 2 aromatic heterocycles. The third kappa shape index (κ3) is 2.62. The molecule has 1 aliphatic rings. The van der Waals surface area contributed by atoms with E-state index in [4.69, 9.17) is 9.63 Å². The summed E-state index contributed by atoms with van der Waals surface area (Å²) in [5, 5.41) is 13.8. The van der Waals surface area contributed by atoms with Gasteiger partial charge in [-0.25, -0.2) is 4.98 Å². The number of hydrogen-bond acceptors (Lipinski definition) is 5. The fourth-order valence-electron chi connectivity index (χ4n) is 2.59. The Kier molecular flexibility index (Phi) is 3.94. The predicted molar refractivity (Wildman–Crippen MR) is 81.7 cm³/mol. The van der Waals surface area contributed by atoms with Crippen LogP contribution >= 0.6 is 0 Å². The summed E-state index contributed by atoms with van der Waals surface area (Å²) in [6.07, 6.45) is 3.83. The first-order valence-corrected chi connectivity index (χ1v) is 7.43. The molecule has 0 aromatic carbocycles. The lowest BCUT2D eigenvalue weighted by molar-refractivity contribution is 0.0744. The van der Waals surface area contributed by atoms with Crippen LogP contribution in [0.1, 0.15) is 40.5 Å². The van der Waals surface area contributed by atoms with Gasteiger partial charge >= 0.3 is 0 Å². The molecule has 1 fully saturated rings. The second kappa shape index (κ2) is 5.88. The standard InChI is InChI=1S/C16H19N3O3/c1-3-6-19(7-8-20)16(21)12-9-13(11-4-5-11)17-15-14(12)10(2)18-22-15/h3,9,11,20H,1,4-8H2,2H3. The van der Waals surface area contributed by atoms with Crippen LogP contribution in [-0.2, 0) is 0 Å². The van der Waals surface area contributed by atoms with Gasteiger partial charge in [0, 0.05) is 24.7 Å². The average Bonchev–Trinajstić information content (AvgIpc) is 3.30. The lowest BCUT2D eigenvalue weighted by Crippen LogP contribution is -2.34. The Morgan fingerprint density at radius 1 is 1.59 bits per heavy atom.